The molecule has 0 amide bonds. The number of likely N-dealkylation sites (N-methyl/N-ethyl adjacent to an activating group) is 1. The fraction of sp³-hybridized carbons (Fsp3) is 0.538. The minimum Gasteiger partial charge on any atom is -0.496 e. The van der Waals surface area contributed by atoms with Crippen LogP contribution in [0, 0.1) is 6.92 Å². The molecule has 0 heterocycles. The van der Waals surface area contributed by atoms with Gasteiger partial charge in [0.1, 0.15) is 5.75 Å². The van der Waals surface area contributed by atoms with Crippen molar-refractivity contribution >= 4 is 0 Å². The second-order valence-corrected chi connectivity index (χ2v) is 4.50. The van der Waals surface area contributed by atoms with Crippen LogP contribution in [0.4, 0.5) is 0 Å². The Kier molecular flexibility index (Phi) is 5.41. The maximum Gasteiger partial charge on any atom is 0.121 e. The summed E-state index contributed by atoms with van der Waals surface area (Å²) in [6, 6.07) is 6.26. The Labute approximate surface area is 104 Å². The predicted octanol–water partition coefficient (Wildman–Crippen LogP) is 0.721. The first-order valence-corrected chi connectivity index (χ1v) is 5.84. The van der Waals surface area contributed by atoms with E-state index in [0.717, 1.165) is 24.4 Å². The van der Waals surface area contributed by atoms with Gasteiger partial charge in [0.25, 0.3) is 0 Å². The van der Waals surface area contributed by atoms with Crippen LogP contribution in [-0.4, -0.2) is 38.2 Å². The lowest BCUT2D eigenvalue weighted by molar-refractivity contribution is 0.305. The summed E-state index contributed by atoms with van der Waals surface area (Å²) in [5.74, 6) is 0.926. The Bertz CT molecular complexity index is 355. The summed E-state index contributed by atoms with van der Waals surface area (Å²) < 4.78 is 5.24. The third-order valence-corrected chi connectivity index (χ3v) is 2.76. The molecule has 1 aromatic rings. The van der Waals surface area contributed by atoms with Crippen LogP contribution >= 0.6 is 0 Å². The van der Waals surface area contributed by atoms with Crippen LogP contribution in [0.5, 0.6) is 5.75 Å². The molecule has 0 bridgehead atoms. The van der Waals surface area contributed by atoms with Gasteiger partial charge in [-0.2, -0.15) is 0 Å². The second kappa shape index (κ2) is 6.59. The molecule has 4 nitrogen and oxygen atoms in total. The van der Waals surface area contributed by atoms with E-state index in [9.17, 15) is 0 Å². The van der Waals surface area contributed by atoms with E-state index in [1.54, 1.807) is 7.11 Å². The average molecular weight is 237 g/mol. The molecule has 4 N–H and O–H groups in total. The van der Waals surface area contributed by atoms with E-state index < -0.39 is 0 Å². The molecule has 1 atom stereocenters. The molecule has 17 heavy (non-hydrogen) atoms. The molecular weight excluding hydrogens is 214 g/mol. The van der Waals surface area contributed by atoms with E-state index in [1.165, 1.54) is 5.56 Å². The van der Waals surface area contributed by atoms with Crippen molar-refractivity contribution in [2.24, 2.45) is 11.5 Å². The second-order valence-electron chi connectivity index (χ2n) is 4.50. The summed E-state index contributed by atoms with van der Waals surface area (Å²) in [6.45, 7) is 4.25. The van der Waals surface area contributed by atoms with E-state index in [0.29, 0.717) is 6.54 Å². The van der Waals surface area contributed by atoms with Crippen molar-refractivity contribution in [2.75, 3.05) is 27.2 Å². The first-order chi connectivity index (χ1) is 8.06. The van der Waals surface area contributed by atoms with Gasteiger partial charge in [-0.05, 0) is 31.2 Å². The van der Waals surface area contributed by atoms with Crippen LogP contribution in [0.15, 0.2) is 18.2 Å². The van der Waals surface area contributed by atoms with Crippen molar-refractivity contribution in [3.63, 3.8) is 0 Å². The zero-order chi connectivity index (χ0) is 12.8. The van der Waals surface area contributed by atoms with Crippen molar-refractivity contribution in [3.05, 3.63) is 29.3 Å². The lowest BCUT2D eigenvalue weighted by Crippen LogP contribution is -2.40. The number of nitrogens with zero attached hydrogens (tertiary/aromatic N) is 1. The van der Waals surface area contributed by atoms with Crippen LogP contribution in [0.3, 0.4) is 0 Å². The topological polar surface area (TPSA) is 64.5 Å². The monoisotopic (exact) mass is 237 g/mol. The zero-order valence-corrected chi connectivity index (χ0v) is 10.9. The molecule has 4 heteroatoms. The summed E-state index contributed by atoms with van der Waals surface area (Å²) in [7, 11) is 3.74. The largest absolute Gasteiger partial charge is 0.496 e. The number of ether oxygens (including phenoxy) is 1. The number of hydrogen-bond donors (Lipinski definition) is 2. The van der Waals surface area contributed by atoms with Crippen LogP contribution in [0.2, 0.25) is 0 Å². The summed E-state index contributed by atoms with van der Waals surface area (Å²) >= 11 is 0. The maximum absolute atomic E-state index is 5.82. The number of hydrogen-bond acceptors (Lipinski definition) is 4. The van der Waals surface area contributed by atoms with Gasteiger partial charge in [-0.15, -0.1) is 0 Å². The number of aryl methyl sites for hydroxylation is 1. The van der Waals surface area contributed by atoms with Crippen molar-refractivity contribution in [1.82, 2.24) is 4.90 Å². The van der Waals surface area contributed by atoms with E-state index in [4.69, 9.17) is 16.2 Å². The minimum atomic E-state index is 0.0411. The summed E-state index contributed by atoms with van der Waals surface area (Å²) in [5, 5.41) is 0. The lowest BCUT2D eigenvalue weighted by atomic mass is 10.1. The zero-order valence-electron chi connectivity index (χ0n) is 10.9. The van der Waals surface area contributed by atoms with E-state index in [1.807, 2.05) is 13.0 Å². The summed E-state index contributed by atoms with van der Waals surface area (Å²) in [6.07, 6.45) is 0. The number of nitrogens with two attached hydrogens (primary N) is 2. The molecule has 0 aliphatic carbocycles. The lowest BCUT2D eigenvalue weighted by Gasteiger charge is -2.20. The van der Waals surface area contributed by atoms with Crippen molar-refractivity contribution in [3.8, 4) is 5.75 Å². The normalized spacial score (nSPS) is 12.8. The highest BCUT2D eigenvalue weighted by Gasteiger charge is 2.06. The predicted molar refractivity (Wildman–Crippen MR) is 71.1 cm³/mol. The Morgan fingerprint density at radius 3 is 2.65 bits per heavy atom. The van der Waals surface area contributed by atoms with Crippen LogP contribution in [0.1, 0.15) is 11.1 Å². The van der Waals surface area contributed by atoms with Gasteiger partial charge in [0.15, 0.2) is 0 Å². The number of methoxy groups -OCH3 is 1. The van der Waals surface area contributed by atoms with E-state index >= 15 is 0 Å². The minimum absolute atomic E-state index is 0.0411. The highest BCUT2D eigenvalue weighted by atomic mass is 16.5. The van der Waals surface area contributed by atoms with Gasteiger partial charge in [0, 0.05) is 25.7 Å². The highest BCUT2D eigenvalue weighted by Crippen LogP contribution is 2.19. The summed E-state index contributed by atoms with van der Waals surface area (Å²) in [5.41, 5.74) is 13.7. The van der Waals surface area contributed by atoms with E-state index in [2.05, 4.69) is 24.1 Å². The standard InChI is InChI=1S/C13H23N3O/c1-10-6-11(4-5-13(10)17-3)8-16(2)9-12(15)7-14/h4-6,12H,7-9,14-15H2,1-3H3. The van der Waals surface area contributed by atoms with Crippen molar-refractivity contribution < 1.29 is 4.74 Å². The molecule has 0 spiro atoms. The third kappa shape index (κ3) is 4.34. The fourth-order valence-electron chi connectivity index (χ4n) is 1.89. The van der Waals surface area contributed by atoms with Crippen LogP contribution < -0.4 is 16.2 Å². The molecule has 1 unspecified atom stereocenters. The van der Waals surface area contributed by atoms with Crippen molar-refractivity contribution in [1.29, 1.82) is 0 Å². The quantitative estimate of drug-likeness (QED) is 0.765. The van der Waals surface area contributed by atoms with Gasteiger partial charge in [0.2, 0.25) is 0 Å². The molecule has 0 saturated heterocycles. The number of rotatable bonds is 6. The van der Waals surface area contributed by atoms with Gasteiger partial charge < -0.3 is 21.1 Å². The average Bonchev–Trinajstić information content (AvgIpc) is 2.29. The van der Waals surface area contributed by atoms with Gasteiger partial charge in [-0.25, -0.2) is 0 Å². The summed E-state index contributed by atoms with van der Waals surface area (Å²) in [4.78, 5) is 2.18. The molecule has 0 aliphatic heterocycles. The van der Waals surface area contributed by atoms with Crippen LogP contribution in [-0.2, 0) is 6.54 Å². The van der Waals surface area contributed by atoms with Gasteiger partial charge >= 0.3 is 0 Å². The molecule has 0 aliphatic rings. The molecule has 0 saturated carbocycles. The Morgan fingerprint density at radius 2 is 2.12 bits per heavy atom. The molecule has 1 rings (SSSR count). The molecule has 0 aromatic heterocycles. The Hall–Kier alpha value is -1.10. The Balaban J connectivity index is 2.59. The molecule has 1 aromatic carbocycles. The molecular formula is C13H23N3O. The molecule has 0 fully saturated rings. The van der Waals surface area contributed by atoms with E-state index in [-0.39, 0.29) is 6.04 Å². The Morgan fingerprint density at radius 1 is 1.41 bits per heavy atom. The van der Waals surface area contributed by atoms with Gasteiger partial charge in [0.05, 0.1) is 7.11 Å². The van der Waals surface area contributed by atoms with Crippen molar-refractivity contribution in [2.45, 2.75) is 19.5 Å². The number of benzene rings is 1. The first-order valence-electron chi connectivity index (χ1n) is 5.84. The van der Waals surface area contributed by atoms with Gasteiger partial charge in [-0.3, -0.25) is 0 Å². The van der Waals surface area contributed by atoms with Gasteiger partial charge in [-0.1, -0.05) is 12.1 Å². The molecule has 0 radical (unpaired) electrons. The maximum atomic E-state index is 5.82. The first kappa shape index (κ1) is 14.0. The SMILES string of the molecule is COc1ccc(CN(C)CC(N)CN)cc1C. The smallest absolute Gasteiger partial charge is 0.121 e. The highest BCUT2D eigenvalue weighted by molar-refractivity contribution is 5.36. The van der Waals surface area contributed by atoms with Crippen LogP contribution in [0.25, 0.3) is 0 Å². The third-order valence-electron chi connectivity index (χ3n) is 2.76. The fourth-order valence-corrected chi connectivity index (χ4v) is 1.89. The molecule has 96 valence electrons.